The number of carbonyl (C=O) groups is 1. The van der Waals surface area contributed by atoms with E-state index in [-0.39, 0.29) is 21.1 Å². The number of rotatable bonds is 6. The smallest absolute Gasteiger partial charge is 0.256 e. The Morgan fingerprint density at radius 1 is 0.825 bits per heavy atom. The summed E-state index contributed by atoms with van der Waals surface area (Å²) in [6.45, 7) is 1.94. The van der Waals surface area contributed by atoms with Gasteiger partial charge in [-0.3, -0.25) is 4.79 Å². The molecule has 9 heteroatoms. The van der Waals surface area contributed by atoms with Gasteiger partial charge in [-0.15, -0.1) is 0 Å². The van der Waals surface area contributed by atoms with E-state index in [1.165, 1.54) is 12.1 Å². The number of anilines is 1. The Labute approximate surface area is 239 Å². The van der Waals surface area contributed by atoms with Gasteiger partial charge in [0.2, 0.25) is 9.84 Å². The van der Waals surface area contributed by atoms with Gasteiger partial charge in [-0.1, -0.05) is 82.7 Å². The normalized spacial score (nSPS) is 12.4. The Kier molecular flexibility index (Phi) is 6.69. The Morgan fingerprint density at radius 2 is 1.45 bits per heavy atom. The van der Waals surface area contributed by atoms with Crippen molar-refractivity contribution in [3.63, 3.8) is 0 Å². The Balaban J connectivity index is 1.70. The Hall–Kier alpha value is -4.34. The molecule has 198 valence electrons. The molecule has 6 aromatic rings. The number of carbonyl (C=O) groups excluding carboxylic acids is 1. The molecule has 0 spiro atoms. The average Bonchev–Trinajstić information content (AvgIpc) is 3.29. The van der Waals surface area contributed by atoms with Crippen LogP contribution in [-0.4, -0.2) is 28.9 Å². The highest BCUT2D eigenvalue weighted by Gasteiger charge is 2.34. The fourth-order valence-corrected chi connectivity index (χ4v) is 6.74. The van der Waals surface area contributed by atoms with E-state index in [9.17, 15) is 13.2 Å². The summed E-state index contributed by atoms with van der Waals surface area (Å²) >= 11 is 3.41. The SMILES string of the molecule is CC(c1ccccc1)n1c(NC(=O)c2cccc(Br)c2)c(S(=O)(=O)c2ccccc2)c2nc3ccccc3nc21. The second-order valence-electron chi connectivity index (χ2n) is 9.30. The molecule has 40 heavy (non-hydrogen) atoms. The number of aromatic nitrogens is 3. The third-order valence-electron chi connectivity index (χ3n) is 6.76. The zero-order valence-corrected chi connectivity index (χ0v) is 23.7. The van der Waals surface area contributed by atoms with E-state index in [1.807, 2.05) is 61.5 Å². The topological polar surface area (TPSA) is 94.0 Å². The van der Waals surface area contributed by atoms with Gasteiger partial charge in [-0.2, -0.15) is 0 Å². The monoisotopic (exact) mass is 610 g/mol. The van der Waals surface area contributed by atoms with Crippen molar-refractivity contribution in [2.75, 3.05) is 5.32 Å². The number of nitrogens with zero attached hydrogens (tertiary/aromatic N) is 3. The average molecular weight is 612 g/mol. The van der Waals surface area contributed by atoms with Crippen molar-refractivity contribution in [2.24, 2.45) is 0 Å². The number of amides is 1. The predicted octanol–water partition coefficient (Wildman–Crippen LogP) is 7.04. The van der Waals surface area contributed by atoms with E-state index in [1.54, 1.807) is 47.0 Å². The molecule has 1 atom stereocenters. The van der Waals surface area contributed by atoms with Crippen molar-refractivity contribution in [3.05, 3.63) is 125 Å². The van der Waals surface area contributed by atoms with E-state index >= 15 is 0 Å². The highest BCUT2D eigenvalue weighted by Crippen LogP contribution is 2.40. The molecule has 1 N–H and O–H groups in total. The summed E-state index contributed by atoms with van der Waals surface area (Å²) in [6.07, 6.45) is 0. The summed E-state index contributed by atoms with van der Waals surface area (Å²) in [6, 6.07) is 31.6. The van der Waals surface area contributed by atoms with Gasteiger partial charge < -0.3 is 9.88 Å². The molecule has 2 heterocycles. The maximum atomic E-state index is 14.3. The molecule has 0 saturated heterocycles. The molecule has 0 aliphatic carbocycles. The second kappa shape index (κ2) is 10.3. The van der Waals surface area contributed by atoms with E-state index in [0.29, 0.717) is 22.2 Å². The van der Waals surface area contributed by atoms with Crippen LogP contribution in [0.5, 0.6) is 0 Å². The van der Waals surface area contributed by atoms with Crippen LogP contribution in [0.3, 0.4) is 0 Å². The van der Waals surface area contributed by atoms with Crippen molar-refractivity contribution in [3.8, 4) is 0 Å². The minimum atomic E-state index is -4.14. The summed E-state index contributed by atoms with van der Waals surface area (Å²) in [7, 11) is -4.14. The van der Waals surface area contributed by atoms with Gasteiger partial charge in [0.1, 0.15) is 16.2 Å². The Bertz CT molecular complexity index is 1990. The minimum absolute atomic E-state index is 0.0920. The maximum Gasteiger partial charge on any atom is 0.256 e. The quantitative estimate of drug-likeness (QED) is 0.218. The first-order valence-electron chi connectivity index (χ1n) is 12.6. The lowest BCUT2D eigenvalue weighted by atomic mass is 10.1. The molecule has 0 aliphatic rings. The molecule has 0 radical (unpaired) electrons. The summed E-state index contributed by atoms with van der Waals surface area (Å²) < 4.78 is 31.1. The molecule has 0 aliphatic heterocycles. The Morgan fingerprint density at radius 3 is 2.12 bits per heavy atom. The number of benzene rings is 4. The van der Waals surface area contributed by atoms with E-state index in [2.05, 4.69) is 21.2 Å². The third-order valence-corrected chi connectivity index (χ3v) is 9.07. The standard InChI is InChI=1S/C31H23BrN4O3S/c1-20(21-11-4-2-5-12-21)36-29-27(33-25-17-8-9-18-26(25)34-29)28(40(38,39)24-15-6-3-7-16-24)30(36)35-31(37)22-13-10-14-23(32)19-22/h2-20H,1H3,(H,35,37). The molecular formula is C31H23BrN4O3S. The van der Waals surface area contributed by atoms with Gasteiger partial charge in [0, 0.05) is 10.0 Å². The zero-order valence-electron chi connectivity index (χ0n) is 21.3. The van der Waals surface area contributed by atoms with Gasteiger partial charge in [-0.25, -0.2) is 18.4 Å². The molecule has 1 amide bonds. The summed E-state index contributed by atoms with van der Waals surface area (Å²) in [5.74, 6) is -0.352. The molecule has 1 unspecified atom stereocenters. The van der Waals surface area contributed by atoms with Crippen molar-refractivity contribution in [1.29, 1.82) is 0 Å². The lowest BCUT2D eigenvalue weighted by Gasteiger charge is -2.20. The van der Waals surface area contributed by atoms with Crippen LogP contribution in [-0.2, 0) is 9.84 Å². The van der Waals surface area contributed by atoms with Crippen molar-refractivity contribution in [2.45, 2.75) is 22.8 Å². The molecule has 7 nitrogen and oxygen atoms in total. The third kappa shape index (κ3) is 4.57. The number of para-hydroxylation sites is 2. The van der Waals surface area contributed by atoms with E-state index in [4.69, 9.17) is 9.97 Å². The van der Waals surface area contributed by atoms with Crippen LogP contribution in [0.1, 0.15) is 28.9 Å². The minimum Gasteiger partial charge on any atom is -0.307 e. The van der Waals surface area contributed by atoms with E-state index < -0.39 is 21.8 Å². The van der Waals surface area contributed by atoms with Crippen molar-refractivity contribution < 1.29 is 13.2 Å². The fraction of sp³-hybridized carbons (Fsp3) is 0.0645. The first-order valence-corrected chi connectivity index (χ1v) is 14.8. The molecule has 0 bridgehead atoms. The van der Waals surface area contributed by atoms with Gasteiger partial charge in [0.15, 0.2) is 5.65 Å². The largest absolute Gasteiger partial charge is 0.307 e. The zero-order chi connectivity index (χ0) is 27.9. The van der Waals surface area contributed by atoms with Crippen molar-refractivity contribution >= 4 is 59.7 Å². The molecule has 0 fully saturated rings. The molecule has 4 aromatic carbocycles. The second-order valence-corrected chi connectivity index (χ2v) is 12.1. The summed E-state index contributed by atoms with van der Waals surface area (Å²) in [4.78, 5) is 23.3. The first-order chi connectivity index (χ1) is 19.3. The summed E-state index contributed by atoms with van der Waals surface area (Å²) in [5, 5.41) is 2.94. The van der Waals surface area contributed by atoms with Gasteiger partial charge >= 0.3 is 0 Å². The van der Waals surface area contributed by atoms with Gasteiger partial charge in [0.05, 0.1) is 22.0 Å². The number of nitrogens with one attached hydrogen (secondary N) is 1. The van der Waals surface area contributed by atoms with Crippen LogP contribution < -0.4 is 5.32 Å². The predicted molar refractivity (Wildman–Crippen MR) is 159 cm³/mol. The van der Waals surface area contributed by atoms with Crippen LogP contribution in [0.15, 0.2) is 123 Å². The number of hydrogen-bond acceptors (Lipinski definition) is 5. The van der Waals surface area contributed by atoms with E-state index in [0.717, 1.165) is 10.0 Å². The van der Waals surface area contributed by atoms with Gasteiger partial charge in [-0.05, 0) is 55.0 Å². The molecule has 6 rings (SSSR count). The lowest BCUT2D eigenvalue weighted by molar-refractivity contribution is 0.102. The summed E-state index contributed by atoms with van der Waals surface area (Å²) in [5.41, 5.74) is 2.99. The maximum absolute atomic E-state index is 14.3. The number of hydrogen-bond donors (Lipinski definition) is 1. The highest BCUT2D eigenvalue weighted by molar-refractivity contribution is 9.10. The molecular weight excluding hydrogens is 588 g/mol. The van der Waals surface area contributed by atoms with Crippen LogP contribution in [0.2, 0.25) is 0 Å². The first kappa shape index (κ1) is 25.9. The van der Waals surface area contributed by atoms with Crippen LogP contribution in [0, 0.1) is 0 Å². The highest BCUT2D eigenvalue weighted by atomic mass is 79.9. The van der Waals surface area contributed by atoms with Crippen molar-refractivity contribution in [1.82, 2.24) is 14.5 Å². The molecule has 2 aromatic heterocycles. The molecule has 0 saturated carbocycles. The van der Waals surface area contributed by atoms with Crippen LogP contribution in [0.4, 0.5) is 5.82 Å². The number of halogens is 1. The lowest BCUT2D eigenvalue weighted by Crippen LogP contribution is -2.19. The number of sulfone groups is 1. The van der Waals surface area contributed by atoms with Crippen LogP contribution >= 0.6 is 15.9 Å². The van der Waals surface area contributed by atoms with Gasteiger partial charge in [0.25, 0.3) is 5.91 Å². The van der Waals surface area contributed by atoms with Crippen LogP contribution in [0.25, 0.3) is 22.2 Å². The number of fused-ring (bicyclic) bond motifs is 2. The fourth-order valence-electron chi connectivity index (χ4n) is 4.79.